The van der Waals surface area contributed by atoms with Crippen LogP contribution in [0.1, 0.15) is 61.0 Å². The molecule has 1 saturated carbocycles. The van der Waals surface area contributed by atoms with Crippen LogP contribution in [0.15, 0.2) is 36.4 Å². The lowest BCUT2D eigenvalue weighted by Crippen LogP contribution is -2.43. The number of amides is 2. The van der Waals surface area contributed by atoms with E-state index in [9.17, 15) is 22.8 Å². The third-order valence-electron chi connectivity index (χ3n) is 6.52. The fraction of sp³-hybridized carbons (Fsp3) is 0.417. The number of carbonyl (C=O) groups is 2. The predicted molar refractivity (Wildman–Crippen MR) is 121 cm³/mol. The van der Waals surface area contributed by atoms with Gasteiger partial charge in [-0.3, -0.25) is 9.59 Å². The molecular weight excluding hydrogens is 433 g/mol. The molecule has 2 aliphatic rings. The van der Waals surface area contributed by atoms with E-state index in [2.05, 4.69) is 16.0 Å². The third kappa shape index (κ3) is 4.55. The fourth-order valence-corrected chi connectivity index (χ4v) is 4.45. The van der Waals surface area contributed by atoms with E-state index in [4.69, 9.17) is 5.73 Å². The molecule has 1 fully saturated rings. The van der Waals surface area contributed by atoms with E-state index >= 15 is 0 Å². The smallest absolute Gasteiger partial charge is 0.380 e. The molecule has 176 valence electrons. The molecule has 0 unspecified atom stereocenters. The number of alkyl halides is 3. The molecule has 1 heterocycles. The summed E-state index contributed by atoms with van der Waals surface area (Å²) in [5, 5.41) is 8.62. The van der Waals surface area contributed by atoms with Crippen LogP contribution in [-0.2, 0) is 16.4 Å². The Labute approximate surface area is 190 Å². The van der Waals surface area contributed by atoms with Gasteiger partial charge in [-0.1, -0.05) is 18.9 Å². The highest BCUT2D eigenvalue weighted by atomic mass is 19.4. The number of halogens is 3. The minimum atomic E-state index is -4.54. The molecule has 0 spiro atoms. The first kappa shape index (κ1) is 23.1. The van der Waals surface area contributed by atoms with Crippen molar-refractivity contribution in [1.82, 2.24) is 0 Å². The lowest BCUT2D eigenvalue weighted by atomic mass is 9.86. The molecule has 0 bridgehead atoms. The SMILES string of the molecule is CC1(C)C(=O)Nc2cc(NC(=O)c3ccc(C(F)(F)F)cc3N[C@H]3CCCC[C@@H]3N)ccc21. The summed E-state index contributed by atoms with van der Waals surface area (Å²) in [5.74, 6) is -0.696. The standard InChI is InChI=1S/C24H27F3N4O2/c1-23(2)16-10-8-14(12-20(16)31-22(23)33)29-21(32)15-9-7-13(24(25,26)27)11-19(15)30-18-6-4-3-5-17(18)28/h7-12,17-18,30H,3-6,28H2,1-2H3,(H,29,32)(H,31,33)/t17-,18-/m0/s1. The summed E-state index contributed by atoms with van der Waals surface area (Å²) in [7, 11) is 0. The molecule has 0 radical (unpaired) electrons. The summed E-state index contributed by atoms with van der Waals surface area (Å²) in [6, 6.07) is 7.69. The van der Waals surface area contributed by atoms with Crippen LogP contribution in [-0.4, -0.2) is 23.9 Å². The van der Waals surface area contributed by atoms with Crippen molar-refractivity contribution in [3.8, 4) is 0 Å². The lowest BCUT2D eigenvalue weighted by Gasteiger charge is -2.31. The Bertz CT molecular complexity index is 1100. The summed E-state index contributed by atoms with van der Waals surface area (Å²) < 4.78 is 40.0. The Balaban J connectivity index is 1.62. The number of hydrogen-bond donors (Lipinski definition) is 4. The molecule has 2 aromatic rings. The number of carbonyl (C=O) groups excluding carboxylic acids is 2. The van der Waals surface area contributed by atoms with Gasteiger partial charge in [0.1, 0.15) is 0 Å². The maximum atomic E-state index is 13.3. The first-order chi connectivity index (χ1) is 15.5. The molecule has 1 aliphatic heterocycles. The molecule has 6 nitrogen and oxygen atoms in total. The molecule has 9 heteroatoms. The maximum Gasteiger partial charge on any atom is 0.416 e. The first-order valence-electron chi connectivity index (χ1n) is 11.0. The van der Waals surface area contributed by atoms with Crippen LogP contribution in [0.2, 0.25) is 0 Å². The number of nitrogens with two attached hydrogens (primary N) is 1. The van der Waals surface area contributed by atoms with Crippen molar-refractivity contribution >= 4 is 28.9 Å². The van der Waals surface area contributed by atoms with E-state index in [1.807, 2.05) is 13.8 Å². The molecule has 1 aliphatic carbocycles. The van der Waals surface area contributed by atoms with Gasteiger partial charge in [-0.25, -0.2) is 0 Å². The summed E-state index contributed by atoms with van der Waals surface area (Å²) in [6.07, 6.45) is -1.15. The highest BCUT2D eigenvalue weighted by Gasteiger charge is 2.38. The van der Waals surface area contributed by atoms with Crippen molar-refractivity contribution < 1.29 is 22.8 Å². The second kappa shape index (κ2) is 8.37. The van der Waals surface area contributed by atoms with Gasteiger partial charge in [-0.15, -0.1) is 0 Å². The van der Waals surface area contributed by atoms with Crippen LogP contribution >= 0.6 is 0 Å². The molecule has 2 aromatic carbocycles. The van der Waals surface area contributed by atoms with Gasteiger partial charge in [-0.05, 0) is 62.6 Å². The zero-order valence-electron chi connectivity index (χ0n) is 18.5. The minimum absolute atomic E-state index is 0.0886. The van der Waals surface area contributed by atoms with Crippen molar-refractivity contribution in [2.45, 2.75) is 63.2 Å². The van der Waals surface area contributed by atoms with Gasteiger partial charge in [-0.2, -0.15) is 13.2 Å². The second-order valence-corrected chi connectivity index (χ2v) is 9.25. The Kier molecular flexibility index (Phi) is 5.86. The highest BCUT2D eigenvalue weighted by Crippen LogP contribution is 2.39. The van der Waals surface area contributed by atoms with Crippen LogP contribution in [0, 0.1) is 0 Å². The van der Waals surface area contributed by atoms with Crippen LogP contribution < -0.4 is 21.7 Å². The van der Waals surface area contributed by atoms with Gasteiger partial charge in [0.25, 0.3) is 5.91 Å². The largest absolute Gasteiger partial charge is 0.416 e. The zero-order chi connectivity index (χ0) is 24.0. The second-order valence-electron chi connectivity index (χ2n) is 9.25. The summed E-state index contributed by atoms with van der Waals surface area (Å²) in [5.41, 5.74) is 6.67. The van der Waals surface area contributed by atoms with Crippen LogP contribution in [0.5, 0.6) is 0 Å². The van der Waals surface area contributed by atoms with Crippen molar-refractivity contribution in [1.29, 1.82) is 0 Å². The molecular formula is C24H27F3N4O2. The Morgan fingerprint density at radius 2 is 1.85 bits per heavy atom. The zero-order valence-corrected chi connectivity index (χ0v) is 18.5. The van der Waals surface area contributed by atoms with E-state index in [1.54, 1.807) is 18.2 Å². The molecule has 0 saturated heterocycles. The summed E-state index contributed by atoms with van der Waals surface area (Å²) in [4.78, 5) is 25.2. The van der Waals surface area contributed by atoms with E-state index in [0.29, 0.717) is 11.4 Å². The number of fused-ring (bicyclic) bond motifs is 1. The van der Waals surface area contributed by atoms with Gasteiger partial charge in [0.2, 0.25) is 5.91 Å². The van der Waals surface area contributed by atoms with Crippen LogP contribution in [0.4, 0.5) is 30.2 Å². The Hall–Kier alpha value is -3.07. The fourth-order valence-electron chi connectivity index (χ4n) is 4.45. The van der Waals surface area contributed by atoms with Gasteiger partial charge >= 0.3 is 6.18 Å². The van der Waals surface area contributed by atoms with Crippen molar-refractivity contribution in [2.75, 3.05) is 16.0 Å². The van der Waals surface area contributed by atoms with E-state index in [0.717, 1.165) is 43.4 Å². The lowest BCUT2D eigenvalue weighted by molar-refractivity contribution is -0.137. The van der Waals surface area contributed by atoms with Gasteiger partial charge in [0, 0.05) is 29.1 Å². The molecule has 5 N–H and O–H groups in total. The number of rotatable bonds is 4. The molecule has 33 heavy (non-hydrogen) atoms. The van der Waals surface area contributed by atoms with E-state index in [-0.39, 0.29) is 29.2 Å². The number of anilines is 3. The van der Waals surface area contributed by atoms with Gasteiger partial charge < -0.3 is 21.7 Å². The average molecular weight is 461 g/mol. The number of nitrogens with one attached hydrogen (secondary N) is 3. The average Bonchev–Trinajstić information content (AvgIpc) is 2.96. The van der Waals surface area contributed by atoms with Crippen molar-refractivity contribution in [3.63, 3.8) is 0 Å². The predicted octanol–water partition coefficient (Wildman–Crippen LogP) is 4.87. The van der Waals surface area contributed by atoms with Gasteiger partial charge in [0.05, 0.1) is 16.5 Å². The summed E-state index contributed by atoms with van der Waals surface area (Å²) in [6.45, 7) is 3.62. The molecule has 2 amide bonds. The van der Waals surface area contributed by atoms with Crippen molar-refractivity contribution in [3.05, 3.63) is 53.1 Å². The Morgan fingerprint density at radius 3 is 2.55 bits per heavy atom. The molecule has 0 aromatic heterocycles. The quantitative estimate of drug-likeness (QED) is 0.524. The summed E-state index contributed by atoms with van der Waals surface area (Å²) >= 11 is 0. The number of benzene rings is 2. The topological polar surface area (TPSA) is 96.2 Å². The minimum Gasteiger partial charge on any atom is -0.380 e. The van der Waals surface area contributed by atoms with E-state index in [1.165, 1.54) is 6.07 Å². The number of hydrogen-bond acceptors (Lipinski definition) is 4. The van der Waals surface area contributed by atoms with E-state index < -0.39 is 23.1 Å². The Morgan fingerprint density at radius 1 is 1.12 bits per heavy atom. The monoisotopic (exact) mass is 460 g/mol. The van der Waals surface area contributed by atoms with Crippen molar-refractivity contribution in [2.24, 2.45) is 5.73 Å². The maximum absolute atomic E-state index is 13.3. The third-order valence-corrected chi connectivity index (χ3v) is 6.52. The van der Waals surface area contributed by atoms with Gasteiger partial charge in [0.15, 0.2) is 0 Å². The van der Waals surface area contributed by atoms with Crippen LogP contribution in [0.25, 0.3) is 0 Å². The molecule has 4 rings (SSSR count). The normalized spacial score (nSPS) is 21.8. The first-order valence-corrected chi connectivity index (χ1v) is 11.0. The van der Waals surface area contributed by atoms with Crippen LogP contribution in [0.3, 0.4) is 0 Å². The highest BCUT2D eigenvalue weighted by molar-refractivity contribution is 6.10. The molecule has 2 atom stereocenters.